The molecule has 18 heavy (non-hydrogen) atoms. The average Bonchev–Trinajstić information content (AvgIpc) is 2.65. The number of thiophene rings is 1. The van der Waals surface area contributed by atoms with Gasteiger partial charge in [0.1, 0.15) is 11.1 Å². The Balaban J connectivity index is 2.32. The van der Waals surface area contributed by atoms with Crippen molar-refractivity contribution in [2.75, 3.05) is 5.32 Å². The first kappa shape index (κ1) is 12.8. The summed E-state index contributed by atoms with van der Waals surface area (Å²) < 4.78 is 0. The van der Waals surface area contributed by atoms with Gasteiger partial charge in [-0.05, 0) is 43.7 Å². The van der Waals surface area contributed by atoms with E-state index in [0.29, 0.717) is 16.5 Å². The lowest BCUT2D eigenvalue weighted by molar-refractivity contribution is -0.111. The molecule has 4 heteroatoms. The van der Waals surface area contributed by atoms with Crippen LogP contribution >= 0.6 is 11.3 Å². The second-order valence-corrected chi connectivity index (χ2v) is 5.76. The fraction of sp³-hybridized carbons (Fsp3) is 0.429. The Morgan fingerprint density at radius 2 is 2.39 bits per heavy atom. The quantitative estimate of drug-likeness (QED) is 0.830. The predicted octanol–water partition coefficient (Wildman–Crippen LogP) is 3.26. The maximum atomic E-state index is 11.6. The molecule has 94 valence electrons. The van der Waals surface area contributed by atoms with Gasteiger partial charge in [-0.2, -0.15) is 5.26 Å². The molecule has 1 aromatic heterocycles. The molecule has 1 unspecified atom stereocenters. The first-order valence-corrected chi connectivity index (χ1v) is 6.95. The number of hydrogen-bond donors (Lipinski definition) is 1. The molecule has 0 spiro atoms. The Bertz CT molecular complexity index is 537. The number of carbonyl (C=O) groups excluding carboxylic acids is 1. The SMILES string of the molecule is CC=CC(=O)Nc1sc2c(c1C#N)CCC(C)C2. The minimum atomic E-state index is -0.166. The number of nitrogens with one attached hydrogen (secondary N) is 1. The highest BCUT2D eigenvalue weighted by Crippen LogP contribution is 2.39. The van der Waals surface area contributed by atoms with Gasteiger partial charge < -0.3 is 5.32 Å². The topological polar surface area (TPSA) is 52.9 Å². The fourth-order valence-electron chi connectivity index (χ4n) is 2.26. The van der Waals surface area contributed by atoms with Gasteiger partial charge in [0, 0.05) is 4.88 Å². The molecule has 0 aromatic carbocycles. The van der Waals surface area contributed by atoms with Gasteiger partial charge >= 0.3 is 0 Å². The number of hydrogen-bond acceptors (Lipinski definition) is 3. The molecule has 1 aliphatic rings. The summed E-state index contributed by atoms with van der Waals surface area (Å²) in [5.74, 6) is 0.502. The minimum absolute atomic E-state index is 0.166. The molecule has 1 N–H and O–H groups in total. The largest absolute Gasteiger partial charge is 0.313 e. The first-order chi connectivity index (χ1) is 8.65. The number of nitrogens with zero attached hydrogens (tertiary/aromatic N) is 1. The normalized spacial score (nSPS) is 18.4. The van der Waals surface area contributed by atoms with E-state index in [0.717, 1.165) is 24.8 Å². The van der Waals surface area contributed by atoms with E-state index in [1.54, 1.807) is 24.3 Å². The maximum Gasteiger partial charge on any atom is 0.248 e. The zero-order valence-corrected chi connectivity index (χ0v) is 11.4. The van der Waals surface area contributed by atoms with Gasteiger partial charge in [0.15, 0.2) is 0 Å². The van der Waals surface area contributed by atoms with Crippen molar-refractivity contribution in [3.63, 3.8) is 0 Å². The van der Waals surface area contributed by atoms with E-state index in [9.17, 15) is 10.1 Å². The van der Waals surface area contributed by atoms with Crippen molar-refractivity contribution >= 4 is 22.2 Å². The summed E-state index contributed by atoms with van der Waals surface area (Å²) >= 11 is 1.56. The van der Waals surface area contributed by atoms with E-state index >= 15 is 0 Å². The molecule has 0 radical (unpaired) electrons. The number of amides is 1. The van der Waals surface area contributed by atoms with Crippen LogP contribution in [0.15, 0.2) is 12.2 Å². The van der Waals surface area contributed by atoms with Crippen LogP contribution in [0.2, 0.25) is 0 Å². The Hall–Kier alpha value is -1.60. The summed E-state index contributed by atoms with van der Waals surface area (Å²) in [6.07, 6.45) is 6.27. The summed E-state index contributed by atoms with van der Waals surface area (Å²) in [7, 11) is 0. The number of fused-ring (bicyclic) bond motifs is 1. The van der Waals surface area contributed by atoms with Gasteiger partial charge in [-0.1, -0.05) is 13.0 Å². The van der Waals surface area contributed by atoms with Crippen LogP contribution in [0.5, 0.6) is 0 Å². The van der Waals surface area contributed by atoms with Crippen LogP contribution in [0, 0.1) is 17.2 Å². The van der Waals surface area contributed by atoms with Gasteiger partial charge in [0.05, 0.1) is 5.56 Å². The number of carbonyl (C=O) groups is 1. The van der Waals surface area contributed by atoms with Gasteiger partial charge in [0.25, 0.3) is 0 Å². The second-order valence-electron chi connectivity index (χ2n) is 4.66. The second kappa shape index (κ2) is 5.36. The predicted molar refractivity (Wildman–Crippen MR) is 73.7 cm³/mol. The molecule has 1 amide bonds. The van der Waals surface area contributed by atoms with Crippen molar-refractivity contribution in [1.29, 1.82) is 5.26 Å². The standard InChI is InChI=1S/C14H16N2OS/c1-3-4-13(17)16-14-11(8-15)10-6-5-9(2)7-12(10)18-14/h3-4,9H,5-7H2,1-2H3,(H,16,17). The van der Waals surface area contributed by atoms with Crippen molar-refractivity contribution in [3.8, 4) is 6.07 Å². The summed E-state index contributed by atoms with van der Waals surface area (Å²) in [6, 6.07) is 2.24. The lowest BCUT2D eigenvalue weighted by atomic mass is 9.89. The number of anilines is 1. The van der Waals surface area contributed by atoms with Crippen LogP contribution in [0.1, 0.15) is 36.3 Å². The molecule has 0 fully saturated rings. The van der Waals surface area contributed by atoms with Crippen LogP contribution in [0.4, 0.5) is 5.00 Å². The number of rotatable bonds is 2. The monoisotopic (exact) mass is 260 g/mol. The van der Waals surface area contributed by atoms with E-state index in [1.807, 2.05) is 0 Å². The van der Waals surface area contributed by atoms with Crippen LogP contribution in [0.3, 0.4) is 0 Å². The summed E-state index contributed by atoms with van der Waals surface area (Å²) in [6.45, 7) is 4.03. The maximum absolute atomic E-state index is 11.6. The Morgan fingerprint density at radius 3 is 3.06 bits per heavy atom. The summed E-state index contributed by atoms with van der Waals surface area (Å²) in [5.41, 5.74) is 1.82. The first-order valence-electron chi connectivity index (χ1n) is 6.14. The molecular formula is C14H16N2OS. The Labute approximate surface area is 111 Å². The molecule has 3 nitrogen and oxygen atoms in total. The zero-order chi connectivity index (χ0) is 13.1. The van der Waals surface area contributed by atoms with Gasteiger partial charge in [-0.3, -0.25) is 4.79 Å². The van der Waals surface area contributed by atoms with Crippen LogP contribution in [0.25, 0.3) is 0 Å². The van der Waals surface area contributed by atoms with E-state index in [1.165, 1.54) is 11.0 Å². The van der Waals surface area contributed by atoms with Gasteiger partial charge in [-0.25, -0.2) is 0 Å². The molecule has 0 saturated carbocycles. The van der Waals surface area contributed by atoms with E-state index in [2.05, 4.69) is 18.3 Å². The lowest BCUT2D eigenvalue weighted by Crippen LogP contribution is -2.10. The Kier molecular flexibility index (Phi) is 3.83. The summed E-state index contributed by atoms with van der Waals surface area (Å²) in [4.78, 5) is 12.8. The van der Waals surface area contributed by atoms with Crippen LogP contribution in [-0.2, 0) is 17.6 Å². The van der Waals surface area contributed by atoms with Crippen molar-refractivity contribution in [2.45, 2.75) is 33.1 Å². The third-order valence-electron chi connectivity index (χ3n) is 3.18. The molecule has 1 atom stereocenters. The molecule has 1 aliphatic carbocycles. The van der Waals surface area contributed by atoms with Crippen molar-refractivity contribution < 1.29 is 4.79 Å². The highest BCUT2D eigenvalue weighted by molar-refractivity contribution is 7.16. The van der Waals surface area contributed by atoms with E-state index < -0.39 is 0 Å². The number of nitriles is 1. The minimum Gasteiger partial charge on any atom is -0.313 e. The van der Waals surface area contributed by atoms with Crippen LogP contribution in [-0.4, -0.2) is 5.91 Å². The van der Waals surface area contributed by atoms with Crippen molar-refractivity contribution in [2.24, 2.45) is 5.92 Å². The Morgan fingerprint density at radius 1 is 1.61 bits per heavy atom. The summed E-state index contributed by atoms with van der Waals surface area (Å²) in [5, 5.41) is 12.8. The molecule has 0 saturated heterocycles. The van der Waals surface area contributed by atoms with E-state index in [-0.39, 0.29) is 5.91 Å². The molecule has 1 aromatic rings. The highest BCUT2D eigenvalue weighted by Gasteiger charge is 2.24. The van der Waals surface area contributed by atoms with Crippen molar-refractivity contribution in [3.05, 3.63) is 28.2 Å². The third kappa shape index (κ3) is 2.46. The molecular weight excluding hydrogens is 244 g/mol. The molecule has 2 rings (SSSR count). The fourth-order valence-corrected chi connectivity index (χ4v) is 3.63. The van der Waals surface area contributed by atoms with Gasteiger partial charge in [-0.15, -0.1) is 11.3 Å². The van der Waals surface area contributed by atoms with Gasteiger partial charge in [0.2, 0.25) is 5.91 Å². The van der Waals surface area contributed by atoms with E-state index in [4.69, 9.17) is 0 Å². The zero-order valence-electron chi connectivity index (χ0n) is 10.6. The molecule has 1 heterocycles. The van der Waals surface area contributed by atoms with Crippen molar-refractivity contribution in [1.82, 2.24) is 0 Å². The van der Waals surface area contributed by atoms with Crippen LogP contribution < -0.4 is 5.32 Å². The highest BCUT2D eigenvalue weighted by atomic mass is 32.1. The molecule has 0 aliphatic heterocycles. The lowest BCUT2D eigenvalue weighted by Gasteiger charge is -2.17. The average molecular weight is 260 g/mol. The third-order valence-corrected chi connectivity index (χ3v) is 4.35. The molecule has 0 bridgehead atoms. The number of allylic oxidation sites excluding steroid dienone is 1. The smallest absolute Gasteiger partial charge is 0.248 e.